The molecule has 0 fully saturated rings. The molecule has 0 aliphatic heterocycles. The molecule has 170 valence electrons. The van der Waals surface area contributed by atoms with Gasteiger partial charge in [-0.3, -0.25) is 9.59 Å². The van der Waals surface area contributed by atoms with Crippen molar-refractivity contribution in [3.05, 3.63) is 76.4 Å². The van der Waals surface area contributed by atoms with Gasteiger partial charge >= 0.3 is 0 Å². The molecule has 1 amide bonds. The Hall–Kier alpha value is -4.22. The molecule has 34 heavy (non-hydrogen) atoms. The normalized spacial score (nSPS) is 10.6. The lowest BCUT2D eigenvalue weighted by Gasteiger charge is -2.12. The van der Waals surface area contributed by atoms with Crippen molar-refractivity contribution in [2.24, 2.45) is 0 Å². The van der Waals surface area contributed by atoms with Crippen LogP contribution in [0.3, 0.4) is 0 Å². The van der Waals surface area contributed by atoms with Crippen molar-refractivity contribution >= 4 is 40.0 Å². The van der Waals surface area contributed by atoms with Crippen LogP contribution in [0.1, 0.15) is 34.3 Å². The number of fused-ring (bicyclic) bond motifs is 1. The number of carbonyl (C=O) groups is 2. The van der Waals surface area contributed by atoms with Crippen LogP contribution >= 0.6 is 11.6 Å². The molecule has 0 aliphatic rings. The third-order valence-corrected chi connectivity index (χ3v) is 5.58. The monoisotopic (exact) mass is 473 g/mol. The van der Waals surface area contributed by atoms with Crippen molar-refractivity contribution in [3.63, 3.8) is 0 Å². The minimum atomic E-state index is -0.421. The fraction of sp³-hybridized carbons (Fsp3) is 0.160. The summed E-state index contributed by atoms with van der Waals surface area (Å²) < 4.78 is 6.84. The number of aromatic nitrogens is 3. The number of hydrogen-bond acceptors (Lipinski definition) is 6. The van der Waals surface area contributed by atoms with Gasteiger partial charge in [-0.05, 0) is 48.9 Å². The lowest BCUT2D eigenvalue weighted by Crippen LogP contribution is -2.17. The summed E-state index contributed by atoms with van der Waals surface area (Å²) in [5.41, 5.74) is 2.22. The number of anilines is 1. The van der Waals surface area contributed by atoms with E-state index < -0.39 is 5.91 Å². The number of benzene rings is 2. The highest BCUT2D eigenvalue weighted by Crippen LogP contribution is 2.29. The lowest BCUT2D eigenvalue weighted by molar-refractivity contribution is -0.116. The Morgan fingerprint density at radius 1 is 1.18 bits per heavy atom. The highest BCUT2D eigenvalue weighted by molar-refractivity contribution is 6.30. The molecule has 2 aromatic carbocycles. The molecular formula is C25H20ClN5O3. The summed E-state index contributed by atoms with van der Waals surface area (Å²) in [6.07, 6.45) is 1.31. The van der Waals surface area contributed by atoms with Crippen molar-refractivity contribution in [2.45, 2.75) is 19.8 Å². The third kappa shape index (κ3) is 4.60. The number of ether oxygens (including phenoxy) is 1. The van der Waals surface area contributed by atoms with Gasteiger partial charge in [0.15, 0.2) is 17.4 Å². The molecule has 0 saturated heterocycles. The molecule has 0 bridgehead atoms. The molecule has 4 aromatic rings. The molecule has 1 N–H and O–H groups in total. The topological polar surface area (TPSA) is 110 Å². The van der Waals surface area contributed by atoms with Crippen LogP contribution in [0.5, 0.6) is 5.75 Å². The number of para-hydroxylation sites is 1. The first kappa shape index (κ1) is 23.0. The van der Waals surface area contributed by atoms with Gasteiger partial charge in [-0.25, -0.2) is 4.98 Å². The number of nitriles is 1. The predicted molar refractivity (Wildman–Crippen MR) is 129 cm³/mol. The minimum absolute atomic E-state index is 0.00796. The number of carbonyl (C=O) groups excluding carboxylic acids is 2. The molecule has 8 nitrogen and oxygen atoms in total. The van der Waals surface area contributed by atoms with E-state index >= 15 is 0 Å². The second kappa shape index (κ2) is 9.73. The highest BCUT2D eigenvalue weighted by atomic mass is 35.5. The van der Waals surface area contributed by atoms with E-state index in [4.69, 9.17) is 16.3 Å². The maximum absolute atomic E-state index is 12.7. The summed E-state index contributed by atoms with van der Waals surface area (Å²) in [5, 5.41) is 18.0. The van der Waals surface area contributed by atoms with Crippen molar-refractivity contribution in [1.82, 2.24) is 14.8 Å². The highest BCUT2D eigenvalue weighted by Gasteiger charge is 2.18. The summed E-state index contributed by atoms with van der Waals surface area (Å²) in [7, 11) is 1.57. The Labute approximate surface area is 200 Å². The molecule has 0 unspecified atom stereocenters. The number of ketones is 1. The Morgan fingerprint density at radius 2 is 1.94 bits per heavy atom. The average Bonchev–Trinajstić information content (AvgIpc) is 3.25. The van der Waals surface area contributed by atoms with Crippen LogP contribution in [0.25, 0.3) is 16.7 Å². The van der Waals surface area contributed by atoms with Gasteiger partial charge in [0.25, 0.3) is 0 Å². The average molecular weight is 474 g/mol. The Kier molecular flexibility index (Phi) is 6.57. The van der Waals surface area contributed by atoms with E-state index in [-0.39, 0.29) is 30.0 Å². The molecule has 2 aromatic heterocycles. The maximum Gasteiger partial charge on any atom is 0.226 e. The first-order valence-electron chi connectivity index (χ1n) is 10.4. The summed E-state index contributed by atoms with van der Waals surface area (Å²) in [6, 6.07) is 16.0. The van der Waals surface area contributed by atoms with Crippen LogP contribution in [-0.2, 0) is 4.79 Å². The first-order valence-corrected chi connectivity index (χ1v) is 10.8. The smallest absolute Gasteiger partial charge is 0.226 e. The Bertz CT molecular complexity index is 1440. The number of pyridine rings is 1. The summed E-state index contributed by atoms with van der Waals surface area (Å²) in [4.78, 5) is 29.7. The Morgan fingerprint density at radius 3 is 2.65 bits per heavy atom. The molecule has 0 radical (unpaired) electrons. The number of Topliss-reactive ketones (excluding diaryl/α,β-unsaturated/α-hetero) is 1. The summed E-state index contributed by atoms with van der Waals surface area (Å²) in [5.74, 6) is 0.605. The van der Waals surface area contributed by atoms with Gasteiger partial charge < -0.3 is 10.1 Å². The molecule has 0 atom stereocenters. The third-order valence-electron chi connectivity index (χ3n) is 5.33. The number of nitrogens with zero attached hydrogens (tertiary/aromatic N) is 4. The fourth-order valence-corrected chi connectivity index (χ4v) is 3.70. The lowest BCUT2D eigenvalue weighted by atomic mass is 10.1. The standard InChI is InChI=1S/C25H20ClN5O3/c1-15-12-22(29-24-19(15)4-3-5-21(24)34-2)31-25(17(13-27)14-28-31)30-23(33)11-10-20(32)16-6-8-18(26)9-7-16/h3-9,12,14H,10-11H2,1-2H3,(H,30,33). The fourth-order valence-electron chi connectivity index (χ4n) is 3.57. The Balaban J connectivity index is 1.59. The van der Waals surface area contributed by atoms with E-state index in [1.54, 1.807) is 31.4 Å². The zero-order valence-electron chi connectivity index (χ0n) is 18.5. The van der Waals surface area contributed by atoms with Gasteiger partial charge in [-0.15, -0.1) is 0 Å². The molecule has 9 heteroatoms. The number of rotatable bonds is 7. The maximum atomic E-state index is 12.7. The van der Waals surface area contributed by atoms with Gasteiger partial charge in [0.1, 0.15) is 22.9 Å². The number of nitrogens with one attached hydrogen (secondary N) is 1. The second-order valence-corrected chi connectivity index (χ2v) is 8.00. The van der Waals surface area contributed by atoms with E-state index in [0.29, 0.717) is 27.7 Å². The quantitative estimate of drug-likeness (QED) is 0.383. The molecule has 4 rings (SSSR count). The van der Waals surface area contributed by atoms with Crippen molar-refractivity contribution < 1.29 is 14.3 Å². The molecule has 0 spiro atoms. The van der Waals surface area contributed by atoms with Crippen LogP contribution in [0.2, 0.25) is 5.02 Å². The number of aryl methyl sites for hydroxylation is 1. The van der Waals surface area contributed by atoms with E-state index in [2.05, 4.69) is 15.4 Å². The summed E-state index contributed by atoms with van der Waals surface area (Å²) >= 11 is 5.85. The predicted octanol–water partition coefficient (Wildman–Crippen LogP) is 4.86. The van der Waals surface area contributed by atoms with Crippen molar-refractivity contribution in [1.29, 1.82) is 5.26 Å². The van der Waals surface area contributed by atoms with E-state index in [0.717, 1.165) is 10.9 Å². The largest absolute Gasteiger partial charge is 0.494 e. The first-order chi connectivity index (χ1) is 16.4. The van der Waals surface area contributed by atoms with E-state index in [9.17, 15) is 14.9 Å². The van der Waals surface area contributed by atoms with Crippen molar-refractivity contribution in [2.75, 3.05) is 12.4 Å². The van der Waals surface area contributed by atoms with Crippen LogP contribution in [0, 0.1) is 18.3 Å². The second-order valence-electron chi connectivity index (χ2n) is 7.56. The molecule has 0 aliphatic carbocycles. The van der Waals surface area contributed by atoms with Gasteiger partial charge in [-0.2, -0.15) is 15.0 Å². The van der Waals surface area contributed by atoms with Gasteiger partial charge in [0.2, 0.25) is 5.91 Å². The van der Waals surface area contributed by atoms with Crippen LogP contribution in [0.4, 0.5) is 5.82 Å². The van der Waals surface area contributed by atoms with E-state index in [1.165, 1.54) is 10.9 Å². The number of amides is 1. The minimum Gasteiger partial charge on any atom is -0.494 e. The SMILES string of the molecule is COc1cccc2c(C)cc(-n3ncc(C#N)c3NC(=O)CCC(=O)c3ccc(Cl)cc3)nc12. The molecule has 0 saturated carbocycles. The molecular weight excluding hydrogens is 454 g/mol. The summed E-state index contributed by atoms with van der Waals surface area (Å²) in [6.45, 7) is 1.93. The van der Waals surface area contributed by atoms with Crippen LogP contribution in [0.15, 0.2) is 54.7 Å². The zero-order valence-corrected chi connectivity index (χ0v) is 19.3. The zero-order chi connectivity index (χ0) is 24.2. The van der Waals surface area contributed by atoms with E-state index in [1.807, 2.05) is 37.3 Å². The van der Waals surface area contributed by atoms with Crippen molar-refractivity contribution in [3.8, 4) is 17.6 Å². The van der Waals surface area contributed by atoms with Crippen LogP contribution in [-0.4, -0.2) is 33.6 Å². The molecule has 2 heterocycles. The number of methoxy groups -OCH3 is 1. The van der Waals surface area contributed by atoms with Gasteiger partial charge in [0, 0.05) is 28.8 Å². The van der Waals surface area contributed by atoms with Gasteiger partial charge in [0.05, 0.1) is 13.3 Å². The van der Waals surface area contributed by atoms with Crippen LogP contribution < -0.4 is 10.1 Å². The van der Waals surface area contributed by atoms with Gasteiger partial charge in [-0.1, -0.05) is 23.7 Å². The number of hydrogen-bond donors (Lipinski definition) is 1. The number of halogens is 1.